The van der Waals surface area contributed by atoms with Crippen molar-refractivity contribution >= 4 is 5.91 Å². The van der Waals surface area contributed by atoms with Gasteiger partial charge in [-0.3, -0.25) is 4.79 Å². The van der Waals surface area contributed by atoms with Crippen LogP contribution in [0.2, 0.25) is 0 Å². The molecule has 0 aliphatic carbocycles. The second kappa shape index (κ2) is 7.48. The van der Waals surface area contributed by atoms with Gasteiger partial charge in [-0.05, 0) is 26.3 Å². The van der Waals surface area contributed by atoms with Crippen molar-refractivity contribution in [2.45, 2.75) is 39.3 Å². The Kier molecular flexibility index (Phi) is 7.09. The number of carbonyl (C=O) groups excluding carboxylic acids is 1. The van der Waals surface area contributed by atoms with Crippen LogP contribution in [0.25, 0.3) is 0 Å². The number of halogens is 1. The van der Waals surface area contributed by atoms with E-state index in [0.29, 0.717) is 13.0 Å². The Balaban J connectivity index is 0.00000289. The van der Waals surface area contributed by atoms with E-state index in [4.69, 9.17) is 5.11 Å². The molecular formula is C13H21BrN2O2. The number of aliphatic hydroxyl groups is 1. The summed E-state index contributed by atoms with van der Waals surface area (Å²) in [4.78, 5) is 11.6. The lowest BCUT2D eigenvalue weighted by Crippen LogP contribution is -3.00. The first kappa shape index (κ1) is 17.1. The molecule has 0 aliphatic rings. The first-order valence-corrected chi connectivity index (χ1v) is 5.80. The highest BCUT2D eigenvalue weighted by atomic mass is 79.9. The lowest BCUT2D eigenvalue weighted by Gasteiger charge is -2.22. The van der Waals surface area contributed by atoms with Gasteiger partial charge >= 0.3 is 0 Å². The van der Waals surface area contributed by atoms with Gasteiger partial charge in [-0.15, -0.1) is 0 Å². The van der Waals surface area contributed by atoms with Crippen molar-refractivity contribution in [3.63, 3.8) is 0 Å². The Labute approximate surface area is 119 Å². The molecular weight excluding hydrogens is 296 g/mol. The van der Waals surface area contributed by atoms with Crippen molar-refractivity contribution in [3.05, 3.63) is 30.1 Å². The van der Waals surface area contributed by atoms with E-state index in [1.54, 1.807) is 13.8 Å². The van der Waals surface area contributed by atoms with Crippen molar-refractivity contribution in [2.24, 2.45) is 0 Å². The van der Waals surface area contributed by atoms with Crippen molar-refractivity contribution in [1.29, 1.82) is 0 Å². The molecule has 1 heterocycles. The molecule has 18 heavy (non-hydrogen) atoms. The van der Waals surface area contributed by atoms with Crippen molar-refractivity contribution < 1.29 is 31.4 Å². The van der Waals surface area contributed by atoms with E-state index in [-0.39, 0.29) is 29.5 Å². The van der Waals surface area contributed by atoms with Crippen LogP contribution in [0.15, 0.2) is 24.5 Å². The molecule has 1 aromatic heterocycles. The average Bonchev–Trinajstić information content (AvgIpc) is 2.28. The zero-order chi connectivity index (χ0) is 12.9. The number of rotatable bonds is 5. The molecule has 4 nitrogen and oxygen atoms in total. The molecule has 0 bridgehead atoms. The highest BCUT2D eigenvalue weighted by Gasteiger charge is 2.19. The summed E-state index contributed by atoms with van der Waals surface area (Å²) in [6.45, 7) is 6.21. The molecule has 0 spiro atoms. The molecule has 0 saturated heterocycles. The molecule has 1 aromatic rings. The Morgan fingerprint density at radius 2 is 1.94 bits per heavy atom. The van der Waals surface area contributed by atoms with Crippen LogP contribution in [-0.2, 0) is 11.3 Å². The van der Waals surface area contributed by atoms with Gasteiger partial charge in [0, 0.05) is 12.1 Å². The third-order valence-electron chi connectivity index (χ3n) is 2.53. The smallest absolute Gasteiger partial charge is 0.226 e. The summed E-state index contributed by atoms with van der Waals surface area (Å²) in [5.74, 6) is -0.0443. The van der Waals surface area contributed by atoms with E-state index in [1.165, 1.54) is 5.56 Å². The van der Waals surface area contributed by atoms with Crippen molar-refractivity contribution in [2.75, 3.05) is 6.61 Å². The number of hydrogen-bond acceptors (Lipinski definition) is 2. The maximum atomic E-state index is 11.6. The highest BCUT2D eigenvalue weighted by Crippen LogP contribution is 2.00. The van der Waals surface area contributed by atoms with Gasteiger partial charge in [0.15, 0.2) is 18.9 Å². The molecule has 1 rings (SSSR count). The first-order chi connectivity index (χ1) is 7.93. The summed E-state index contributed by atoms with van der Waals surface area (Å²) in [7, 11) is 0. The minimum absolute atomic E-state index is 0. The summed E-state index contributed by atoms with van der Waals surface area (Å²) in [6.07, 6.45) is 4.33. The number of hydrogen-bond donors (Lipinski definition) is 2. The van der Waals surface area contributed by atoms with E-state index in [1.807, 2.05) is 36.0 Å². The summed E-state index contributed by atoms with van der Waals surface area (Å²) in [5.41, 5.74) is 0.654. The molecule has 1 amide bonds. The second-order valence-electron chi connectivity index (χ2n) is 4.95. The van der Waals surface area contributed by atoms with E-state index >= 15 is 0 Å². The summed E-state index contributed by atoms with van der Waals surface area (Å²) < 4.78 is 1.97. The number of aromatic nitrogens is 1. The number of pyridine rings is 1. The van der Waals surface area contributed by atoms with Crippen LogP contribution in [-0.4, -0.2) is 23.2 Å². The molecule has 102 valence electrons. The maximum Gasteiger partial charge on any atom is 0.226 e. The van der Waals surface area contributed by atoms with Gasteiger partial charge in [-0.1, -0.05) is 0 Å². The number of aliphatic hydroxyl groups excluding tert-OH is 1. The van der Waals surface area contributed by atoms with E-state index < -0.39 is 5.54 Å². The molecule has 0 radical (unpaired) electrons. The SMILES string of the molecule is Cc1cc[n+](CCC(=O)NC(C)(C)CO)cc1.[Br-]. The van der Waals surface area contributed by atoms with Crippen molar-refractivity contribution in [3.8, 4) is 0 Å². The molecule has 2 N–H and O–H groups in total. The monoisotopic (exact) mass is 316 g/mol. The number of amides is 1. The third kappa shape index (κ3) is 6.12. The third-order valence-corrected chi connectivity index (χ3v) is 2.53. The molecule has 0 aromatic carbocycles. The average molecular weight is 317 g/mol. The fourth-order valence-corrected chi connectivity index (χ4v) is 1.39. The fourth-order valence-electron chi connectivity index (χ4n) is 1.39. The predicted molar refractivity (Wildman–Crippen MR) is 65.3 cm³/mol. The summed E-state index contributed by atoms with van der Waals surface area (Å²) >= 11 is 0. The zero-order valence-corrected chi connectivity index (χ0v) is 12.7. The van der Waals surface area contributed by atoms with Gasteiger partial charge in [-0.25, -0.2) is 4.57 Å². The molecule has 0 fully saturated rings. The van der Waals surface area contributed by atoms with Crippen molar-refractivity contribution in [1.82, 2.24) is 5.32 Å². The van der Waals surface area contributed by atoms with E-state index in [0.717, 1.165) is 0 Å². The van der Waals surface area contributed by atoms with Crippen LogP contribution >= 0.6 is 0 Å². The Hall–Kier alpha value is -0.940. The number of aryl methyl sites for hydroxylation is 2. The van der Waals surface area contributed by atoms with Crippen LogP contribution in [0.5, 0.6) is 0 Å². The Morgan fingerprint density at radius 1 is 1.39 bits per heavy atom. The van der Waals surface area contributed by atoms with Crippen LogP contribution in [0.3, 0.4) is 0 Å². The van der Waals surface area contributed by atoms with Crippen LogP contribution in [0.4, 0.5) is 0 Å². The predicted octanol–water partition coefficient (Wildman–Crippen LogP) is -2.44. The first-order valence-electron chi connectivity index (χ1n) is 5.80. The number of carbonyl (C=O) groups is 1. The number of nitrogens with one attached hydrogen (secondary N) is 1. The fraction of sp³-hybridized carbons (Fsp3) is 0.538. The van der Waals surface area contributed by atoms with Crippen LogP contribution < -0.4 is 26.9 Å². The summed E-state index contributed by atoms with van der Waals surface area (Å²) in [6, 6.07) is 4.02. The zero-order valence-electron chi connectivity index (χ0n) is 11.1. The molecule has 0 aliphatic heterocycles. The second-order valence-corrected chi connectivity index (χ2v) is 4.95. The van der Waals surface area contributed by atoms with E-state index in [9.17, 15) is 4.79 Å². The van der Waals surface area contributed by atoms with Crippen LogP contribution in [0, 0.1) is 6.92 Å². The Bertz CT molecular complexity index is 377. The molecule has 0 unspecified atom stereocenters. The lowest BCUT2D eigenvalue weighted by molar-refractivity contribution is -0.695. The number of nitrogens with zero attached hydrogens (tertiary/aromatic N) is 1. The van der Waals surface area contributed by atoms with Gasteiger partial charge in [0.1, 0.15) is 0 Å². The van der Waals surface area contributed by atoms with Gasteiger partial charge in [0.05, 0.1) is 18.6 Å². The minimum Gasteiger partial charge on any atom is -1.00 e. The normalized spacial score (nSPS) is 10.7. The summed E-state index contributed by atoms with van der Waals surface area (Å²) in [5, 5.41) is 11.8. The highest BCUT2D eigenvalue weighted by molar-refractivity contribution is 5.76. The molecule has 0 saturated carbocycles. The Morgan fingerprint density at radius 3 is 2.44 bits per heavy atom. The maximum absolute atomic E-state index is 11.6. The lowest BCUT2D eigenvalue weighted by atomic mass is 10.1. The minimum atomic E-state index is -0.547. The van der Waals surface area contributed by atoms with Gasteiger partial charge in [-0.2, -0.15) is 0 Å². The quantitative estimate of drug-likeness (QED) is 0.593. The van der Waals surface area contributed by atoms with Gasteiger partial charge in [0.2, 0.25) is 5.91 Å². The van der Waals surface area contributed by atoms with Crippen LogP contribution in [0.1, 0.15) is 25.8 Å². The molecule has 0 atom stereocenters. The van der Waals surface area contributed by atoms with Gasteiger partial charge < -0.3 is 27.4 Å². The van der Waals surface area contributed by atoms with Gasteiger partial charge in [0.25, 0.3) is 0 Å². The largest absolute Gasteiger partial charge is 1.00 e. The topological polar surface area (TPSA) is 53.2 Å². The standard InChI is InChI=1S/C13H20N2O2.BrH/c1-11-4-7-15(8-5-11)9-6-12(17)14-13(2,3)10-16;/h4-5,7-8,16H,6,9-10H2,1-3H3;1H. The van der Waals surface area contributed by atoms with E-state index in [2.05, 4.69) is 5.32 Å². The molecule has 5 heteroatoms.